The molecule has 0 bridgehead atoms. The van der Waals surface area contributed by atoms with Crippen molar-refractivity contribution in [3.8, 4) is 0 Å². The van der Waals surface area contributed by atoms with Crippen molar-refractivity contribution in [2.45, 2.75) is 26.8 Å². The van der Waals surface area contributed by atoms with Crippen LogP contribution in [0.1, 0.15) is 31.1 Å². The fraction of sp³-hybridized carbons (Fsp3) is 0.500. The topological polar surface area (TPSA) is 102 Å². The van der Waals surface area contributed by atoms with Crippen LogP contribution in [0.15, 0.2) is 18.2 Å². The van der Waals surface area contributed by atoms with Crippen molar-refractivity contribution in [2.75, 3.05) is 18.5 Å². The van der Waals surface area contributed by atoms with Crippen molar-refractivity contribution in [1.82, 2.24) is 0 Å². The largest absolute Gasteiger partial charge is 0.478 e. The second-order valence-corrected chi connectivity index (χ2v) is 4.95. The third-order valence-corrected chi connectivity index (χ3v) is 3.09. The number of anilines is 1. The molecule has 0 saturated carbocycles. The molecule has 1 aromatic rings. The minimum atomic E-state index is -1.13. The third-order valence-electron chi connectivity index (χ3n) is 3.09. The normalized spacial score (nSPS) is 12.2. The van der Waals surface area contributed by atoms with Gasteiger partial charge in [-0.3, -0.25) is 10.1 Å². The van der Waals surface area contributed by atoms with E-state index >= 15 is 0 Å². The summed E-state index contributed by atoms with van der Waals surface area (Å²) in [5.74, 6) is -0.955. The number of aromatic carboxylic acids is 1. The summed E-state index contributed by atoms with van der Waals surface area (Å²) in [4.78, 5) is 21.5. The number of rotatable bonds is 8. The first-order valence-electron chi connectivity index (χ1n) is 6.72. The molecule has 2 N–H and O–H groups in total. The van der Waals surface area contributed by atoms with Crippen molar-refractivity contribution in [3.63, 3.8) is 0 Å². The van der Waals surface area contributed by atoms with Gasteiger partial charge >= 0.3 is 5.97 Å². The minimum absolute atomic E-state index is 0.00187. The van der Waals surface area contributed by atoms with Gasteiger partial charge in [0.15, 0.2) is 0 Å². The van der Waals surface area contributed by atoms with Gasteiger partial charge in [-0.1, -0.05) is 13.8 Å². The van der Waals surface area contributed by atoms with Gasteiger partial charge in [0, 0.05) is 12.7 Å². The number of nitro benzene ring substituents is 1. The van der Waals surface area contributed by atoms with Gasteiger partial charge < -0.3 is 15.2 Å². The molecule has 0 fully saturated rings. The molecule has 1 rings (SSSR count). The first-order valence-corrected chi connectivity index (χ1v) is 6.72. The Morgan fingerprint density at radius 3 is 2.62 bits per heavy atom. The zero-order valence-electron chi connectivity index (χ0n) is 12.3. The van der Waals surface area contributed by atoms with E-state index in [1.807, 2.05) is 20.8 Å². The fourth-order valence-corrected chi connectivity index (χ4v) is 1.79. The van der Waals surface area contributed by atoms with Gasteiger partial charge in [0.2, 0.25) is 0 Å². The maximum Gasteiger partial charge on any atom is 0.335 e. The molecule has 0 aliphatic rings. The fourth-order valence-electron chi connectivity index (χ4n) is 1.79. The number of nitro groups is 1. The van der Waals surface area contributed by atoms with E-state index in [0.29, 0.717) is 13.2 Å². The van der Waals surface area contributed by atoms with Gasteiger partial charge in [-0.25, -0.2) is 4.79 Å². The summed E-state index contributed by atoms with van der Waals surface area (Å²) in [6, 6.07) is 3.55. The maximum atomic E-state index is 11.1. The molecule has 0 heterocycles. The summed E-state index contributed by atoms with van der Waals surface area (Å²) in [6.07, 6.45) is 0. The summed E-state index contributed by atoms with van der Waals surface area (Å²) in [5.41, 5.74) is 0.0440. The molecule has 0 aromatic heterocycles. The van der Waals surface area contributed by atoms with Gasteiger partial charge in [-0.05, 0) is 25.0 Å². The van der Waals surface area contributed by atoms with E-state index in [4.69, 9.17) is 9.84 Å². The first-order chi connectivity index (χ1) is 9.86. The number of ether oxygens (including phenoxy) is 1. The second-order valence-electron chi connectivity index (χ2n) is 4.95. The number of benzene rings is 1. The Labute approximate surface area is 123 Å². The molecule has 0 aliphatic carbocycles. The van der Waals surface area contributed by atoms with Crippen LogP contribution in [0.5, 0.6) is 0 Å². The molecular weight excluding hydrogens is 276 g/mol. The quantitative estimate of drug-likeness (QED) is 0.565. The van der Waals surface area contributed by atoms with E-state index in [9.17, 15) is 14.9 Å². The molecule has 7 nitrogen and oxygen atoms in total. The number of carboxylic acids is 1. The van der Waals surface area contributed by atoms with E-state index in [1.165, 1.54) is 18.2 Å². The van der Waals surface area contributed by atoms with Crippen LogP contribution in [0.25, 0.3) is 0 Å². The van der Waals surface area contributed by atoms with E-state index < -0.39 is 10.9 Å². The lowest BCUT2D eigenvalue weighted by Crippen LogP contribution is -2.31. The molecule has 0 spiro atoms. The van der Waals surface area contributed by atoms with Crippen LogP contribution >= 0.6 is 0 Å². The Hall–Kier alpha value is -2.15. The number of nitrogens with zero attached hydrogens (tertiary/aromatic N) is 1. The van der Waals surface area contributed by atoms with Crippen LogP contribution in [0.2, 0.25) is 0 Å². The van der Waals surface area contributed by atoms with Gasteiger partial charge in [0.05, 0.1) is 23.1 Å². The molecule has 1 unspecified atom stereocenters. The Balaban J connectivity index is 3.09. The zero-order valence-corrected chi connectivity index (χ0v) is 12.3. The van der Waals surface area contributed by atoms with E-state index in [0.717, 1.165) is 0 Å². The summed E-state index contributed by atoms with van der Waals surface area (Å²) in [7, 11) is 0. The lowest BCUT2D eigenvalue weighted by molar-refractivity contribution is -0.384. The summed E-state index contributed by atoms with van der Waals surface area (Å²) in [5, 5.41) is 23.1. The average molecular weight is 296 g/mol. The average Bonchev–Trinajstić information content (AvgIpc) is 2.42. The maximum absolute atomic E-state index is 11.1. The predicted octanol–water partition coefficient (Wildman–Crippen LogP) is 2.77. The van der Waals surface area contributed by atoms with Gasteiger partial charge in [-0.2, -0.15) is 0 Å². The smallest absolute Gasteiger partial charge is 0.335 e. The lowest BCUT2D eigenvalue weighted by Gasteiger charge is -2.23. The number of carbonyl (C=O) groups is 1. The highest BCUT2D eigenvalue weighted by molar-refractivity contribution is 5.90. The molecule has 0 radical (unpaired) electrons. The predicted molar refractivity (Wildman–Crippen MR) is 78.8 cm³/mol. The number of hydrogen-bond acceptors (Lipinski definition) is 5. The molecule has 21 heavy (non-hydrogen) atoms. The van der Waals surface area contributed by atoms with Gasteiger partial charge in [0.1, 0.15) is 5.69 Å². The first kappa shape index (κ1) is 16.9. The molecule has 116 valence electrons. The molecule has 0 amide bonds. The van der Waals surface area contributed by atoms with Gasteiger partial charge in [0.25, 0.3) is 5.69 Å². The highest BCUT2D eigenvalue weighted by atomic mass is 16.6. The highest BCUT2D eigenvalue weighted by Crippen LogP contribution is 2.27. The van der Waals surface area contributed by atoms with E-state index in [2.05, 4.69) is 5.32 Å². The number of hydrogen-bond donors (Lipinski definition) is 2. The molecule has 7 heteroatoms. The summed E-state index contributed by atoms with van der Waals surface area (Å²) >= 11 is 0. The molecule has 0 saturated heterocycles. The van der Waals surface area contributed by atoms with Crippen LogP contribution in [0, 0.1) is 16.0 Å². The van der Waals surface area contributed by atoms with E-state index in [1.54, 1.807) is 0 Å². The second kappa shape index (κ2) is 7.58. The highest BCUT2D eigenvalue weighted by Gasteiger charge is 2.21. The van der Waals surface area contributed by atoms with Crippen molar-refractivity contribution in [1.29, 1.82) is 0 Å². The molecule has 0 aliphatic heterocycles. The Bertz CT molecular complexity index is 516. The summed E-state index contributed by atoms with van der Waals surface area (Å²) < 4.78 is 5.36. The number of carboxylic acid groups (broad SMARTS) is 1. The van der Waals surface area contributed by atoms with Crippen LogP contribution in [0.3, 0.4) is 0 Å². The molecule has 1 aromatic carbocycles. The lowest BCUT2D eigenvalue weighted by atomic mass is 10.0. The zero-order chi connectivity index (χ0) is 16.0. The Kier molecular flexibility index (Phi) is 6.10. The van der Waals surface area contributed by atoms with Crippen LogP contribution in [0.4, 0.5) is 11.4 Å². The number of nitrogens with one attached hydrogen (secondary N) is 1. The van der Waals surface area contributed by atoms with Gasteiger partial charge in [-0.15, -0.1) is 0 Å². The van der Waals surface area contributed by atoms with Crippen LogP contribution < -0.4 is 5.32 Å². The van der Waals surface area contributed by atoms with Crippen molar-refractivity contribution in [3.05, 3.63) is 33.9 Å². The van der Waals surface area contributed by atoms with E-state index in [-0.39, 0.29) is 28.9 Å². The third kappa shape index (κ3) is 4.71. The van der Waals surface area contributed by atoms with Crippen molar-refractivity contribution in [2.24, 2.45) is 5.92 Å². The monoisotopic (exact) mass is 296 g/mol. The standard InChI is InChI=1S/C14H20N2O5/c1-4-21-8-12(9(2)3)15-11-7-10(14(17)18)5-6-13(11)16(19)20/h5-7,9,12,15H,4,8H2,1-3H3,(H,17,18). The van der Waals surface area contributed by atoms with Crippen molar-refractivity contribution >= 4 is 17.3 Å². The Morgan fingerprint density at radius 1 is 1.48 bits per heavy atom. The summed E-state index contributed by atoms with van der Waals surface area (Å²) in [6.45, 7) is 6.72. The molecule has 1 atom stereocenters. The minimum Gasteiger partial charge on any atom is -0.478 e. The van der Waals surface area contributed by atoms with Crippen LogP contribution in [-0.4, -0.2) is 35.3 Å². The SMILES string of the molecule is CCOCC(Nc1cc(C(=O)O)ccc1[N+](=O)[O-])C(C)C. The van der Waals surface area contributed by atoms with Crippen molar-refractivity contribution < 1.29 is 19.6 Å². The van der Waals surface area contributed by atoms with Crippen LogP contribution in [-0.2, 0) is 4.74 Å². The Morgan fingerprint density at radius 2 is 2.14 bits per heavy atom. The molecular formula is C14H20N2O5.